The smallest absolute Gasteiger partial charge is 0.444 e. The van der Waals surface area contributed by atoms with Crippen LogP contribution in [0, 0.1) is 5.41 Å². The van der Waals surface area contributed by atoms with Crippen molar-refractivity contribution in [2.45, 2.75) is 111 Å². The maximum atomic E-state index is 12.4. The third-order valence-electron chi connectivity index (χ3n) is 13.5. The van der Waals surface area contributed by atoms with Crippen molar-refractivity contribution in [3.05, 3.63) is 43.4 Å². The summed E-state index contributed by atoms with van der Waals surface area (Å²) in [5, 5.41) is 23.9. The molecule has 0 aliphatic heterocycles. The lowest BCUT2D eigenvalue weighted by atomic mass is 10.2. The van der Waals surface area contributed by atoms with Gasteiger partial charge < -0.3 is 154 Å². The summed E-state index contributed by atoms with van der Waals surface area (Å²) >= 11 is 23.8. The van der Waals surface area contributed by atoms with Crippen LogP contribution in [0.2, 0.25) is 20.6 Å². The second-order valence-corrected chi connectivity index (χ2v) is 34.2. The van der Waals surface area contributed by atoms with Gasteiger partial charge in [0, 0.05) is 19.6 Å². The van der Waals surface area contributed by atoms with Crippen LogP contribution in [0.25, 0.3) is 0 Å². The molecule has 0 fully saturated rings. The number of nitrogen functional groups attached to an aromatic ring is 8. The SMILES string of the molecule is CC(C)(C)OC(=O)NC(=NCCOCCOCCN=C(N)NC(=O)c1nc(Cl)c(N)nc1N)NC(=O)OC(C)(C)C.CC(C)(C)OC(=O)NC(=NS(=O)(=O)C(F)(F)F)NC(=O)OC(C)(C)C.CSC(=N)NC(=O)c1nc(Cl)c(N)nc1N.Cl.Cl.I.NC(N)=NCCOCCOCCN=C(N)NC(=O)c1nc(Cl)c(N)nc1N.NCCOCCOCCN.NCCOCCOCCN=C(N)NC(=O)c1nc(Cl)c(N)nc1N. The number of alkyl carbamates (subject to hydrolysis) is 4. The molecule has 0 aliphatic carbocycles. The van der Waals surface area contributed by atoms with Crippen molar-refractivity contribution in [1.82, 2.24) is 82.4 Å². The maximum absolute atomic E-state index is 12.4. The van der Waals surface area contributed by atoms with Crippen LogP contribution in [-0.4, -0.2) is 329 Å². The maximum Gasteiger partial charge on any atom is 0.518 e. The largest absolute Gasteiger partial charge is 0.518 e. The van der Waals surface area contributed by atoms with E-state index >= 15 is 0 Å². The van der Waals surface area contributed by atoms with Gasteiger partial charge in [0.2, 0.25) is 11.9 Å². The van der Waals surface area contributed by atoms with E-state index in [0.717, 1.165) is 11.8 Å². The van der Waals surface area contributed by atoms with E-state index in [1.807, 2.05) is 0 Å². The zero-order chi connectivity index (χ0) is 110. The van der Waals surface area contributed by atoms with Gasteiger partial charge in [-0.1, -0.05) is 58.2 Å². The predicted octanol–water partition coefficient (Wildman–Crippen LogP) is -0.284. The molecule has 0 aromatic carbocycles. The minimum atomic E-state index is -6.03. The molecule has 0 saturated carbocycles. The molecule has 0 unspecified atom stereocenters. The lowest BCUT2D eigenvalue weighted by Crippen LogP contribution is -2.48. The monoisotopic (exact) mass is 2360 g/mol. The minimum absolute atomic E-state index is 0. The van der Waals surface area contributed by atoms with Crippen LogP contribution in [-0.2, 0) is 66.9 Å². The van der Waals surface area contributed by atoms with E-state index in [0.29, 0.717) is 98.9 Å². The van der Waals surface area contributed by atoms with Crippen LogP contribution < -0.4 is 134 Å². The number of hydrogen-bond donors (Lipinski definition) is 25. The van der Waals surface area contributed by atoms with Crippen LogP contribution in [0.5, 0.6) is 0 Å². The number of anilines is 8. The number of nitrogens with two attached hydrogens (primary N) is 16. The van der Waals surface area contributed by atoms with Gasteiger partial charge in [0.25, 0.3) is 23.6 Å². The Labute approximate surface area is 891 Å². The summed E-state index contributed by atoms with van der Waals surface area (Å²) in [6.07, 6.45) is -2.61. The van der Waals surface area contributed by atoms with Gasteiger partial charge >= 0.3 is 39.9 Å². The average molecular weight is 2370 g/mol. The Morgan fingerprint density at radius 3 is 0.767 bits per heavy atom. The predicted molar refractivity (Wildman–Crippen MR) is 561 cm³/mol. The minimum Gasteiger partial charge on any atom is -0.444 e. The zero-order valence-corrected chi connectivity index (χ0v) is 90.3. The zero-order valence-electron chi connectivity index (χ0n) is 81.6. The third kappa shape index (κ3) is 71.1. The lowest BCUT2D eigenvalue weighted by molar-refractivity contribution is -0.0436. The number of rotatable bonds is 38. The van der Waals surface area contributed by atoms with Crippen molar-refractivity contribution in [1.29, 1.82) is 5.41 Å². The average Bonchev–Trinajstić information content (AvgIpc) is 0.781. The van der Waals surface area contributed by atoms with Crippen molar-refractivity contribution in [3.8, 4) is 0 Å². The number of nitrogens with zero attached hydrogens (tertiary/aromatic N) is 14. The Bertz CT molecular complexity index is 4970. The van der Waals surface area contributed by atoms with Gasteiger partial charge in [-0.05, 0) is 89.3 Å². The van der Waals surface area contributed by atoms with E-state index < -0.39 is 91.9 Å². The number of hydrogen-bond acceptors (Lipinski definition) is 48. The second-order valence-electron chi connectivity index (χ2n) is 30.4. The summed E-state index contributed by atoms with van der Waals surface area (Å²) in [7, 11) is -6.03. The molecule has 0 saturated heterocycles. The van der Waals surface area contributed by atoms with Gasteiger partial charge in [-0.2, -0.15) is 21.6 Å². The Morgan fingerprint density at radius 1 is 0.342 bits per heavy atom. The number of sulfonamides is 1. The van der Waals surface area contributed by atoms with E-state index in [-0.39, 0.29) is 233 Å². The molecule has 0 spiro atoms. The molecule has 0 atom stereocenters. The Kier molecular flexibility index (Phi) is 73.6. The number of guanidine groups is 6. The summed E-state index contributed by atoms with van der Waals surface area (Å²) in [5.74, 6) is -5.65. The molecule has 0 bridgehead atoms. The molecule has 146 heavy (non-hydrogen) atoms. The molecule has 4 rings (SSSR count). The molecule has 73 heteroatoms. The van der Waals surface area contributed by atoms with Gasteiger partial charge in [0.15, 0.2) is 119 Å². The molecular weight excluding hydrogens is 2240 g/mol. The van der Waals surface area contributed by atoms with Crippen LogP contribution >= 0.6 is 107 Å². The highest BCUT2D eigenvalue weighted by molar-refractivity contribution is 14.0. The Balaban J connectivity index is -0.000000565. The molecule has 41 N–H and O–H groups in total. The Morgan fingerprint density at radius 2 is 0.555 bits per heavy atom. The first-order chi connectivity index (χ1) is 66.4. The fourth-order valence-electron chi connectivity index (χ4n) is 7.94. The summed E-state index contributed by atoms with van der Waals surface area (Å²) in [5.41, 5.74) is 76.7. The van der Waals surface area contributed by atoms with Crippen molar-refractivity contribution in [2.24, 2.45) is 75.2 Å². The summed E-state index contributed by atoms with van der Waals surface area (Å²) in [6.45, 7) is 28.0. The summed E-state index contributed by atoms with van der Waals surface area (Å²) in [6, 6.07) is 0. The van der Waals surface area contributed by atoms with Gasteiger partial charge in [0.1, 0.15) is 22.4 Å². The molecule has 61 nitrogen and oxygen atoms in total. The quantitative estimate of drug-likeness (QED) is 0.00902. The van der Waals surface area contributed by atoms with Crippen molar-refractivity contribution in [2.75, 3.05) is 210 Å². The molecule has 8 amide bonds. The molecule has 0 aliphatic rings. The van der Waals surface area contributed by atoms with Gasteiger partial charge in [-0.3, -0.25) is 81.8 Å². The number of carbonyl (C=O) groups excluding carboxylic acids is 8. The van der Waals surface area contributed by atoms with Crippen LogP contribution in [0.4, 0.5) is 78.9 Å². The number of carbonyl (C=O) groups is 8. The normalized spacial score (nSPS) is 11.3. The van der Waals surface area contributed by atoms with Crippen molar-refractivity contribution in [3.63, 3.8) is 0 Å². The molecule has 4 aromatic rings. The van der Waals surface area contributed by atoms with Crippen molar-refractivity contribution >= 4 is 252 Å². The molecule has 0 radical (unpaired) electrons. The van der Waals surface area contributed by atoms with E-state index in [9.17, 15) is 59.9 Å². The molecule has 4 aromatic heterocycles. The second kappa shape index (κ2) is 75.2. The van der Waals surface area contributed by atoms with Crippen LogP contribution in [0.1, 0.15) is 125 Å². The molecular formula is C73H131Cl6F3IN39O22S2. The summed E-state index contributed by atoms with van der Waals surface area (Å²) < 4.78 is 124. The Hall–Kier alpha value is -11.5. The van der Waals surface area contributed by atoms with E-state index in [4.69, 9.17) is 200 Å². The first kappa shape index (κ1) is 143. The van der Waals surface area contributed by atoms with Crippen LogP contribution in [0.3, 0.4) is 0 Å². The molecule has 4 heterocycles. The van der Waals surface area contributed by atoms with Crippen molar-refractivity contribution < 1.29 is 117 Å². The first-order valence-electron chi connectivity index (χ1n) is 41.3. The van der Waals surface area contributed by atoms with Crippen LogP contribution in [0.15, 0.2) is 29.4 Å². The third-order valence-corrected chi connectivity index (χ3v) is 16.1. The van der Waals surface area contributed by atoms with E-state index in [2.05, 4.69) is 101 Å². The van der Waals surface area contributed by atoms with Gasteiger partial charge in [0.05, 0.1) is 138 Å². The summed E-state index contributed by atoms with van der Waals surface area (Å²) in [4.78, 5) is 145. The lowest BCUT2D eigenvalue weighted by Gasteiger charge is -2.22. The number of alkyl halides is 3. The number of nitrogens with one attached hydrogen (secondary N) is 9. The highest BCUT2D eigenvalue weighted by Crippen LogP contribution is 2.26. The van der Waals surface area contributed by atoms with Gasteiger partial charge in [-0.15, -0.1) is 53.2 Å². The highest BCUT2D eigenvalue weighted by Gasteiger charge is 2.47. The number of amidine groups is 1. The number of amides is 8. The van der Waals surface area contributed by atoms with Gasteiger partial charge in [-0.25, -0.2) is 64.0 Å². The fraction of sp³-hybridized carbons (Fsp3) is 0.575. The number of aromatic nitrogens is 8. The number of aliphatic imine (C=N–C) groups is 5. The topological polar surface area (TPSA) is 995 Å². The number of halogens is 10. The standard InChI is InChI=1S/C23H39ClN10O7.C13H23ClN10O3.C12H21ClN8O3.C12H20F3N3O6S.C7H9ClN6OS.C6H16N2O2.2ClH.HI/c1-22(2,3)40-20(36)33-19(34-21(37)41-23(4,5)6)29-8-10-39-12-11-38-9-7-28-18(27)32-17(35)13-15(25)31-16(26)14(24)30-13;14-8-10(16)23-9(15)7(22-8)11(25)24-13(19)21-2-4-27-6-5-26-3-1-20-12(17)18;13-8-10(16)20-9(15)7(19-8)11(22)21-12(17)18-2-4-24-6-5-23-3-1-14;1-10(2,3)23-8(19)16-7(17-9(20)24-11(4,5)6)18-25(21,22)12(13,14)15;1-16-7(11)14-6(15)2-4(9)13-5(10)3(8)12-2;7-1-3-9-5-6-10-4-2-8;;;/h7-12H2,1-6H3,(H4,25,26,31)(H3,27,28,32,35)(H2,29,33,34,36,37);1-6H2,(H4,15,16,23)(H4,17,18,20)(H3,19,21,24,25);1-6,14H2,(H4,15,16,20)(H3,17,18,21,22);1-6H3,(H2,16,17,18,19,20);1H3,(H4,9,10,13)(H2,11,14,15);1-8H2;3*1H. The molecule has 832 valence electrons. The van der Waals surface area contributed by atoms with E-state index in [1.165, 1.54) is 41.5 Å². The first-order valence-corrected chi connectivity index (χ1v) is 45.4. The highest BCUT2D eigenvalue weighted by atomic mass is 127. The fourth-order valence-corrected chi connectivity index (χ4v) is 9.08. The number of thioether (sulfide) groups is 1. The van der Waals surface area contributed by atoms with E-state index in [1.54, 1.807) is 58.4 Å². The number of ether oxygens (including phenoxy) is 12.